The van der Waals surface area contributed by atoms with Crippen LogP contribution < -0.4 is 5.69 Å². The summed E-state index contributed by atoms with van der Waals surface area (Å²) in [6.07, 6.45) is 2.27. The summed E-state index contributed by atoms with van der Waals surface area (Å²) >= 11 is 1.95. The maximum atomic E-state index is 12.4. The molecular formula is C17H23N3O2S. The fourth-order valence-electron chi connectivity index (χ4n) is 3.11. The quantitative estimate of drug-likeness (QED) is 0.903. The van der Waals surface area contributed by atoms with Gasteiger partial charge < -0.3 is 14.9 Å². The van der Waals surface area contributed by atoms with Crippen molar-refractivity contribution in [1.82, 2.24) is 14.9 Å². The van der Waals surface area contributed by atoms with E-state index in [0.29, 0.717) is 17.7 Å². The van der Waals surface area contributed by atoms with Crippen LogP contribution in [0.3, 0.4) is 0 Å². The number of rotatable bonds is 4. The molecule has 1 saturated heterocycles. The smallest absolute Gasteiger partial charge is 0.323 e. The molecule has 3 rings (SSSR count). The molecule has 0 saturated carbocycles. The van der Waals surface area contributed by atoms with Crippen LogP contribution in [0.5, 0.6) is 0 Å². The van der Waals surface area contributed by atoms with Gasteiger partial charge in [-0.1, -0.05) is 13.0 Å². The van der Waals surface area contributed by atoms with E-state index in [1.54, 1.807) is 0 Å². The monoisotopic (exact) mass is 333 g/mol. The molecule has 1 fully saturated rings. The minimum atomic E-state index is -0.182. The number of hydrogen-bond donors (Lipinski definition) is 2. The third kappa shape index (κ3) is 3.63. The summed E-state index contributed by atoms with van der Waals surface area (Å²) < 4.78 is 0. The molecule has 0 spiro atoms. The summed E-state index contributed by atoms with van der Waals surface area (Å²) in [5.74, 6) is 1.30. The van der Waals surface area contributed by atoms with Crippen molar-refractivity contribution in [3.05, 3.63) is 34.2 Å². The summed E-state index contributed by atoms with van der Waals surface area (Å²) in [5.41, 5.74) is 2.62. The zero-order valence-corrected chi connectivity index (χ0v) is 14.4. The van der Waals surface area contributed by atoms with Crippen molar-refractivity contribution in [2.45, 2.75) is 44.4 Å². The number of imidazole rings is 1. The van der Waals surface area contributed by atoms with Crippen LogP contribution in [0.25, 0.3) is 11.0 Å². The Bertz CT molecular complexity index is 752. The maximum absolute atomic E-state index is 12.4. The van der Waals surface area contributed by atoms with E-state index in [0.717, 1.165) is 41.7 Å². The summed E-state index contributed by atoms with van der Waals surface area (Å²) in [5, 5.41) is 0.514. The molecule has 2 atom stereocenters. The first kappa shape index (κ1) is 16.2. The van der Waals surface area contributed by atoms with E-state index in [9.17, 15) is 9.59 Å². The third-order valence-corrected chi connectivity index (χ3v) is 5.98. The fourth-order valence-corrected chi connectivity index (χ4v) is 4.21. The number of amides is 1. The van der Waals surface area contributed by atoms with Crippen LogP contribution in [0.15, 0.2) is 23.0 Å². The Morgan fingerprint density at radius 3 is 2.91 bits per heavy atom. The molecule has 0 aliphatic carbocycles. The number of hydrogen-bond acceptors (Lipinski definition) is 3. The van der Waals surface area contributed by atoms with Crippen LogP contribution in [0.2, 0.25) is 0 Å². The molecule has 2 aromatic rings. The number of aryl methyl sites for hydroxylation is 1. The molecule has 124 valence electrons. The van der Waals surface area contributed by atoms with E-state index < -0.39 is 0 Å². The summed E-state index contributed by atoms with van der Waals surface area (Å²) in [7, 11) is 0. The first-order valence-corrected chi connectivity index (χ1v) is 9.21. The van der Waals surface area contributed by atoms with Crippen molar-refractivity contribution in [1.29, 1.82) is 0 Å². The van der Waals surface area contributed by atoms with Gasteiger partial charge in [0.25, 0.3) is 0 Å². The van der Waals surface area contributed by atoms with Crippen molar-refractivity contribution in [2.75, 3.05) is 12.3 Å². The van der Waals surface area contributed by atoms with Gasteiger partial charge in [0.2, 0.25) is 5.91 Å². The van der Waals surface area contributed by atoms with Crippen LogP contribution >= 0.6 is 11.8 Å². The number of fused-ring (bicyclic) bond motifs is 1. The van der Waals surface area contributed by atoms with E-state index >= 15 is 0 Å². The number of nitrogens with zero attached hydrogens (tertiary/aromatic N) is 1. The summed E-state index contributed by atoms with van der Waals surface area (Å²) in [6, 6.07) is 6.23. The molecule has 2 heterocycles. The molecule has 1 aliphatic heterocycles. The van der Waals surface area contributed by atoms with Crippen molar-refractivity contribution < 1.29 is 4.79 Å². The highest BCUT2D eigenvalue weighted by Crippen LogP contribution is 2.25. The number of H-pyrrole nitrogens is 2. The second kappa shape index (κ2) is 6.83. The molecule has 1 aliphatic rings. The first-order chi connectivity index (χ1) is 11.0. The molecule has 6 heteroatoms. The highest BCUT2D eigenvalue weighted by atomic mass is 32.2. The molecule has 0 unspecified atom stereocenters. The van der Waals surface area contributed by atoms with Gasteiger partial charge in [-0.25, -0.2) is 4.79 Å². The average Bonchev–Trinajstić information content (AvgIpc) is 2.89. The predicted molar refractivity (Wildman–Crippen MR) is 95.0 cm³/mol. The lowest BCUT2D eigenvalue weighted by atomic mass is 10.1. The van der Waals surface area contributed by atoms with E-state index in [4.69, 9.17) is 0 Å². The number of thioether (sulfide) groups is 1. The zero-order chi connectivity index (χ0) is 16.4. The number of aromatic amines is 2. The van der Waals surface area contributed by atoms with Gasteiger partial charge in [0, 0.05) is 30.0 Å². The Balaban J connectivity index is 1.55. The molecule has 0 radical (unpaired) electrons. The van der Waals surface area contributed by atoms with E-state index in [-0.39, 0.29) is 11.6 Å². The molecule has 23 heavy (non-hydrogen) atoms. The lowest BCUT2D eigenvalue weighted by Gasteiger charge is -2.37. The van der Waals surface area contributed by atoms with E-state index in [1.165, 1.54) is 0 Å². The largest absolute Gasteiger partial charge is 0.338 e. The lowest BCUT2D eigenvalue weighted by molar-refractivity contribution is -0.133. The zero-order valence-electron chi connectivity index (χ0n) is 13.6. The molecule has 1 amide bonds. The Morgan fingerprint density at radius 2 is 2.09 bits per heavy atom. The van der Waals surface area contributed by atoms with Crippen molar-refractivity contribution >= 4 is 28.7 Å². The molecule has 0 bridgehead atoms. The van der Waals surface area contributed by atoms with Crippen molar-refractivity contribution in [2.24, 2.45) is 0 Å². The second-order valence-corrected chi connectivity index (χ2v) is 7.70. The molecule has 2 N–H and O–H groups in total. The van der Waals surface area contributed by atoms with Crippen LogP contribution in [-0.2, 0) is 11.2 Å². The predicted octanol–water partition coefficient (Wildman–Crippen LogP) is 2.53. The van der Waals surface area contributed by atoms with Gasteiger partial charge in [-0.05, 0) is 37.5 Å². The highest BCUT2D eigenvalue weighted by Gasteiger charge is 2.28. The number of nitrogens with one attached hydrogen (secondary N) is 2. The van der Waals surface area contributed by atoms with Crippen LogP contribution in [-0.4, -0.2) is 44.4 Å². The van der Waals surface area contributed by atoms with Crippen LogP contribution in [0.4, 0.5) is 0 Å². The number of carbonyl (C=O) groups excluding carboxylic acids is 1. The van der Waals surface area contributed by atoms with Gasteiger partial charge in [-0.2, -0.15) is 11.8 Å². The fraction of sp³-hybridized carbons (Fsp3) is 0.529. The van der Waals surface area contributed by atoms with Crippen LogP contribution in [0.1, 0.15) is 32.3 Å². The Kier molecular flexibility index (Phi) is 4.80. The molecule has 1 aromatic heterocycles. The minimum absolute atomic E-state index is 0.182. The Labute approximate surface area is 139 Å². The molecular weight excluding hydrogens is 310 g/mol. The van der Waals surface area contributed by atoms with Crippen molar-refractivity contribution in [3.63, 3.8) is 0 Å². The van der Waals surface area contributed by atoms with Gasteiger partial charge in [0.05, 0.1) is 11.0 Å². The lowest BCUT2D eigenvalue weighted by Crippen LogP contribution is -2.47. The topological polar surface area (TPSA) is 69.0 Å². The van der Waals surface area contributed by atoms with Crippen molar-refractivity contribution in [3.8, 4) is 0 Å². The average molecular weight is 333 g/mol. The van der Waals surface area contributed by atoms with Gasteiger partial charge in [0.1, 0.15) is 0 Å². The van der Waals surface area contributed by atoms with E-state index in [2.05, 4.69) is 23.8 Å². The standard InChI is InChI=1S/C17H23N3O2S/c1-11-12(2)23-9-8-20(11)16(21)5-3-4-13-6-7-14-15(10-13)19-17(22)18-14/h6-7,10-12H,3-5,8-9H2,1-2H3,(H2,18,19,22)/t11-,12+/m1/s1. The highest BCUT2D eigenvalue weighted by molar-refractivity contribution is 8.00. The third-order valence-electron chi connectivity index (χ3n) is 4.64. The van der Waals surface area contributed by atoms with Gasteiger partial charge >= 0.3 is 5.69 Å². The SMILES string of the molecule is C[C@@H]1SCCN(C(=O)CCCc2ccc3[nH]c(=O)[nH]c3c2)[C@@H]1C. The molecule has 5 nitrogen and oxygen atoms in total. The van der Waals surface area contributed by atoms with Crippen LogP contribution in [0, 0.1) is 0 Å². The number of carbonyl (C=O) groups is 1. The number of benzene rings is 1. The normalized spacial score (nSPS) is 21.7. The minimum Gasteiger partial charge on any atom is -0.338 e. The Hall–Kier alpha value is -1.69. The maximum Gasteiger partial charge on any atom is 0.323 e. The Morgan fingerprint density at radius 1 is 1.30 bits per heavy atom. The molecule has 1 aromatic carbocycles. The number of aromatic nitrogens is 2. The summed E-state index contributed by atoms with van der Waals surface area (Å²) in [6.45, 7) is 5.21. The van der Waals surface area contributed by atoms with Gasteiger partial charge in [0.15, 0.2) is 0 Å². The second-order valence-electron chi connectivity index (χ2n) is 6.22. The summed E-state index contributed by atoms with van der Waals surface area (Å²) in [4.78, 5) is 31.2. The first-order valence-electron chi connectivity index (χ1n) is 8.16. The van der Waals surface area contributed by atoms with E-state index in [1.807, 2.05) is 34.9 Å². The van der Waals surface area contributed by atoms with Gasteiger partial charge in [-0.3, -0.25) is 4.79 Å². The van der Waals surface area contributed by atoms with Gasteiger partial charge in [-0.15, -0.1) is 0 Å².